The van der Waals surface area contributed by atoms with E-state index in [0.29, 0.717) is 19.0 Å². The number of fused-ring (bicyclic) bond motifs is 1. The number of alkyl halides is 1. The van der Waals surface area contributed by atoms with Crippen LogP contribution >= 0.6 is 0 Å². The van der Waals surface area contributed by atoms with Gasteiger partial charge < -0.3 is 10.2 Å². The van der Waals surface area contributed by atoms with Crippen molar-refractivity contribution in [1.82, 2.24) is 14.8 Å². The number of halogens is 1. The number of benzene rings is 1. The van der Waals surface area contributed by atoms with Gasteiger partial charge in [-0.05, 0) is 31.2 Å². The predicted molar refractivity (Wildman–Crippen MR) is 106 cm³/mol. The summed E-state index contributed by atoms with van der Waals surface area (Å²) in [6, 6.07) is 10.7. The third-order valence-electron chi connectivity index (χ3n) is 5.77. The van der Waals surface area contributed by atoms with Crippen LogP contribution in [0.1, 0.15) is 26.2 Å². The molecule has 5 nitrogen and oxygen atoms in total. The lowest BCUT2D eigenvalue weighted by Gasteiger charge is -2.33. The van der Waals surface area contributed by atoms with Crippen LogP contribution in [0, 0.1) is 0 Å². The average Bonchev–Trinajstić information content (AvgIpc) is 3.01. The summed E-state index contributed by atoms with van der Waals surface area (Å²) in [7, 11) is 0. The van der Waals surface area contributed by atoms with Crippen LogP contribution in [0.5, 0.6) is 0 Å². The summed E-state index contributed by atoms with van der Waals surface area (Å²) in [5, 5.41) is 5.86. The molecule has 6 heteroatoms. The average molecular weight is 370 g/mol. The minimum atomic E-state index is -0.867. The van der Waals surface area contributed by atoms with Gasteiger partial charge in [0.2, 0.25) is 5.91 Å². The second kappa shape index (κ2) is 7.80. The molecule has 1 aromatic carbocycles. The Labute approximate surface area is 159 Å². The van der Waals surface area contributed by atoms with Crippen LogP contribution in [-0.4, -0.2) is 65.1 Å². The Bertz CT molecular complexity index is 806. The van der Waals surface area contributed by atoms with Crippen molar-refractivity contribution in [2.75, 3.05) is 31.5 Å². The van der Waals surface area contributed by atoms with Crippen LogP contribution in [0.25, 0.3) is 10.8 Å². The van der Waals surface area contributed by atoms with Gasteiger partial charge in [0.15, 0.2) is 0 Å². The van der Waals surface area contributed by atoms with Gasteiger partial charge in [-0.1, -0.05) is 24.3 Å². The van der Waals surface area contributed by atoms with Crippen molar-refractivity contribution >= 4 is 22.5 Å². The fourth-order valence-corrected chi connectivity index (χ4v) is 4.20. The Kier molecular flexibility index (Phi) is 5.25. The lowest BCUT2D eigenvalue weighted by molar-refractivity contribution is -0.133. The van der Waals surface area contributed by atoms with E-state index in [1.807, 2.05) is 25.3 Å². The molecular weight excluding hydrogens is 343 g/mol. The highest BCUT2D eigenvalue weighted by Gasteiger charge is 2.33. The molecule has 2 saturated heterocycles. The molecule has 2 aliphatic heterocycles. The molecular formula is C21H27FN4O. The minimum Gasteiger partial charge on any atom is -0.367 e. The number of hydrogen-bond acceptors (Lipinski definition) is 4. The van der Waals surface area contributed by atoms with E-state index in [1.165, 1.54) is 5.39 Å². The molecule has 0 bridgehead atoms. The van der Waals surface area contributed by atoms with E-state index in [2.05, 4.69) is 33.4 Å². The van der Waals surface area contributed by atoms with Crippen LogP contribution in [0.15, 0.2) is 36.5 Å². The first-order valence-corrected chi connectivity index (χ1v) is 9.86. The number of pyridine rings is 1. The zero-order valence-electron chi connectivity index (χ0n) is 15.8. The number of piperidine rings is 1. The van der Waals surface area contributed by atoms with Crippen molar-refractivity contribution in [2.24, 2.45) is 0 Å². The van der Waals surface area contributed by atoms with E-state index in [0.717, 1.165) is 37.1 Å². The maximum Gasteiger partial charge on any atom is 0.237 e. The Balaban J connectivity index is 1.28. The van der Waals surface area contributed by atoms with Crippen molar-refractivity contribution < 1.29 is 9.18 Å². The zero-order chi connectivity index (χ0) is 18.8. The van der Waals surface area contributed by atoms with E-state index < -0.39 is 6.17 Å². The lowest BCUT2D eigenvalue weighted by atomic mass is 10.0. The van der Waals surface area contributed by atoms with Crippen LogP contribution in [0.4, 0.5) is 10.2 Å². The Morgan fingerprint density at radius 1 is 1.26 bits per heavy atom. The van der Waals surface area contributed by atoms with Gasteiger partial charge in [0.25, 0.3) is 0 Å². The second-order valence-electron chi connectivity index (χ2n) is 7.84. The van der Waals surface area contributed by atoms with Crippen LogP contribution in [0.3, 0.4) is 0 Å². The first-order valence-electron chi connectivity index (χ1n) is 9.86. The van der Waals surface area contributed by atoms with E-state index in [1.54, 1.807) is 4.90 Å². The van der Waals surface area contributed by atoms with Crippen molar-refractivity contribution in [3.05, 3.63) is 36.5 Å². The number of rotatable bonds is 4. The van der Waals surface area contributed by atoms with E-state index in [9.17, 15) is 9.18 Å². The molecule has 1 amide bonds. The molecule has 2 fully saturated rings. The summed E-state index contributed by atoms with van der Waals surface area (Å²) in [5.74, 6) is 0.966. The highest BCUT2D eigenvalue weighted by molar-refractivity contribution is 5.83. The van der Waals surface area contributed by atoms with E-state index in [-0.39, 0.29) is 18.5 Å². The molecule has 0 saturated carbocycles. The lowest BCUT2D eigenvalue weighted by Crippen LogP contribution is -2.46. The molecule has 3 heterocycles. The molecule has 0 unspecified atom stereocenters. The van der Waals surface area contributed by atoms with Crippen LogP contribution in [-0.2, 0) is 4.79 Å². The molecule has 4 rings (SSSR count). The van der Waals surface area contributed by atoms with Gasteiger partial charge in [-0.2, -0.15) is 0 Å². The Hall–Kier alpha value is -2.21. The maximum absolute atomic E-state index is 13.5. The van der Waals surface area contributed by atoms with Gasteiger partial charge in [0.05, 0.1) is 13.1 Å². The summed E-state index contributed by atoms with van der Waals surface area (Å²) < 4.78 is 13.5. The Morgan fingerprint density at radius 3 is 2.70 bits per heavy atom. The zero-order valence-corrected chi connectivity index (χ0v) is 15.8. The SMILES string of the molecule is C[C@@H]1C[C@H](F)CN1C(=O)CN1CCC(Nc2cc3ccccc3cn2)CC1. The third-order valence-corrected chi connectivity index (χ3v) is 5.77. The first kappa shape index (κ1) is 18.2. The molecule has 0 aliphatic carbocycles. The van der Waals surface area contributed by atoms with Crippen LogP contribution < -0.4 is 5.32 Å². The first-order chi connectivity index (χ1) is 13.1. The van der Waals surface area contributed by atoms with Gasteiger partial charge in [0, 0.05) is 43.2 Å². The second-order valence-corrected chi connectivity index (χ2v) is 7.84. The van der Waals surface area contributed by atoms with Gasteiger partial charge in [-0.15, -0.1) is 0 Å². The summed E-state index contributed by atoms with van der Waals surface area (Å²) in [6.07, 6.45) is 3.46. The van der Waals surface area contributed by atoms with E-state index >= 15 is 0 Å². The van der Waals surface area contributed by atoms with Crippen molar-refractivity contribution in [3.8, 4) is 0 Å². The maximum atomic E-state index is 13.5. The predicted octanol–water partition coefficient (Wildman–Crippen LogP) is 3.07. The van der Waals surface area contributed by atoms with Crippen molar-refractivity contribution in [3.63, 3.8) is 0 Å². The third kappa shape index (κ3) is 4.21. The summed E-state index contributed by atoms with van der Waals surface area (Å²) in [5.41, 5.74) is 0. The smallest absolute Gasteiger partial charge is 0.237 e. The number of amides is 1. The number of aromatic nitrogens is 1. The fourth-order valence-electron chi connectivity index (χ4n) is 4.20. The number of carbonyl (C=O) groups is 1. The highest BCUT2D eigenvalue weighted by Crippen LogP contribution is 2.22. The molecule has 2 aliphatic rings. The molecule has 2 aromatic rings. The molecule has 0 radical (unpaired) electrons. The summed E-state index contributed by atoms with van der Waals surface area (Å²) in [4.78, 5) is 20.9. The number of nitrogens with zero attached hydrogens (tertiary/aromatic N) is 3. The number of likely N-dealkylation sites (tertiary alicyclic amines) is 2. The number of nitrogens with one attached hydrogen (secondary N) is 1. The minimum absolute atomic E-state index is 0.0192. The molecule has 1 aromatic heterocycles. The number of hydrogen-bond donors (Lipinski definition) is 1. The Morgan fingerprint density at radius 2 is 2.00 bits per heavy atom. The van der Waals surface area contributed by atoms with Gasteiger partial charge in [-0.3, -0.25) is 9.69 Å². The van der Waals surface area contributed by atoms with Gasteiger partial charge in [0.1, 0.15) is 12.0 Å². The number of carbonyl (C=O) groups excluding carboxylic acids is 1. The van der Waals surface area contributed by atoms with Crippen LogP contribution in [0.2, 0.25) is 0 Å². The highest BCUT2D eigenvalue weighted by atomic mass is 19.1. The quantitative estimate of drug-likeness (QED) is 0.899. The molecule has 2 atom stereocenters. The largest absolute Gasteiger partial charge is 0.367 e. The van der Waals surface area contributed by atoms with Crippen molar-refractivity contribution in [1.29, 1.82) is 0 Å². The molecule has 27 heavy (non-hydrogen) atoms. The topological polar surface area (TPSA) is 48.5 Å². The van der Waals surface area contributed by atoms with Crippen molar-refractivity contribution in [2.45, 2.75) is 44.4 Å². The molecule has 144 valence electrons. The van der Waals surface area contributed by atoms with E-state index in [4.69, 9.17) is 0 Å². The summed E-state index contributed by atoms with van der Waals surface area (Å²) >= 11 is 0. The van der Waals surface area contributed by atoms with Gasteiger partial charge in [-0.25, -0.2) is 9.37 Å². The number of anilines is 1. The summed E-state index contributed by atoms with van der Waals surface area (Å²) in [6.45, 7) is 4.34. The normalized spacial score (nSPS) is 24.4. The fraction of sp³-hybridized carbons (Fsp3) is 0.524. The standard InChI is InChI=1S/C21H27FN4O/c1-15-10-18(22)13-26(15)21(27)14-25-8-6-19(7-9-25)24-20-11-16-4-2-3-5-17(16)12-23-20/h2-5,11-12,15,18-19H,6-10,13-14H2,1H3,(H,23,24)/t15-,18+/m1/s1. The monoisotopic (exact) mass is 370 g/mol. The van der Waals surface area contributed by atoms with Gasteiger partial charge >= 0.3 is 0 Å². The molecule has 0 spiro atoms. The molecule has 1 N–H and O–H groups in total.